The number of aryl methyl sites for hydroxylation is 3. The van der Waals surface area contributed by atoms with Crippen LogP contribution < -0.4 is 0 Å². The quantitative estimate of drug-likeness (QED) is 0.660. The third-order valence-electron chi connectivity index (χ3n) is 4.45. The van der Waals surface area contributed by atoms with Crippen LogP contribution in [0, 0.1) is 20.8 Å². The van der Waals surface area contributed by atoms with Crippen LogP contribution >= 0.6 is 0 Å². The fourth-order valence-corrected chi connectivity index (χ4v) is 4.74. The summed E-state index contributed by atoms with van der Waals surface area (Å²) >= 11 is 0. The highest BCUT2D eigenvalue weighted by molar-refractivity contribution is 7.89. The molecule has 0 spiro atoms. The number of aromatic nitrogens is 3. The van der Waals surface area contributed by atoms with E-state index in [0.29, 0.717) is 17.7 Å². The second-order valence-corrected chi connectivity index (χ2v) is 8.70. The van der Waals surface area contributed by atoms with E-state index < -0.39 is 15.9 Å². The van der Waals surface area contributed by atoms with Gasteiger partial charge in [-0.2, -0.15) is 0 Å². The molecule has 1 heterocycles. The third-order valence-corrected chi connectivity index (χ3v) is 6.50. The second kappa shape index (κ2) is 7.55. The van der Waals surface area contributed by atoms with Crippen molar-refractivity contribution >= 4 is 15.9 Å². The Morgan fingerprint density at radius 3 is 2.29 bits per heavy atom. The van der Waals surface area contributed by atoms with Crippen molar-refractivity contribution in [2.75, 3.05) is 7.05 Å². The van der Waals surface area contributed by atoms with Gasteiger partial charge in [-0.25, -0.2) is 17.4 Å². The fraction of sp³-hybridized carbons (Fsp3) is 0.250. The molecule has 0 aliphatic heterocycles. The van der Waals surface area contributed by atoms with E-state index in [9.17, 15) is 13.2 Å². The Morgan fingerprint density at radius 1 is 1.07 bits per heavy atom. The highest BCUT2D eigenvalue weighted by Gasteiger charge is 2.30. The summed E-state index contributed by atoms with van der Waals surface area (Å²) in [6, 6.07) is 13.2. The summed E-state index contributed by atoms with van der Waals surface area (Å²) in [5, 5.41) is 7.80. The number of sulfonamides is 1. The van der Waals surface area contributed by atoms with Crippen molar-refractivity contribution in [3.05, 3.63) is 76.6 Å². The number of hydrogen-bond acceptors (Lipinski definition) is 5. The molecule has 1 aromatic heterocycles. The molecule has 2 aromatic carbocycles. The molecule has 0 saturated carbocycles. The summed E-state index contributed by atoms with van der Waals surface area (Å²) in [6.07, 6.45) is 1.45. The molecule has 0 N–H and O–H groups in total. The molecular formula is C20H22N4O3S. The van der Waals surface area contributed by atoms with Crippen molar-refractivity contribution in [3.63, 3.8) is 0 Å². The lowest BCUT2D eigenvalue weighted by Crippen LogP contribution is -2.34. The Balaban J connectivity index is 1.87. The topological polar surface area (TPSA) is 85.2 Å². The van der Waals surface area contributed by atoms with Crippen LogP contribution in [-0.2, 0) is 16.6 Å². The Hall–Kier alpha value is -3.00. The first-order valence-corrected chi connectivity index (χ1v) is 10.2. The Bertz CT molecular complexity index is 1100. The molecule has 0 aliphatic rings. The highest BCUT2D eigenvalue weighted by atomic mass is 32.2. The molecule has 0 bridgehead atoms. The average Bonchev–Trinajstić information content (AvgIpc) is 3.08. The smallest absolute Gasteiger partial charge is 0.266 e. The van der Waals surface area contributed by atoms with Crippen LogP contribution in [0.5, 0.6) is 0 Å². The average molecular weight is 398 g/mol. The van der Waals surface area contributed by atoms with E-state index in [1.54, 1.807) is 26.0 Å². The van der Waals surface area contributed by atoms with Gasteiger partial charge in [-0.15, -0.1) is 5.10 Å². The number of carbonyl (C=O) groups is 1. The first-order valence-electron chi connectivity index (χ1n) is 8.75. The fourth-order valence-electron chi connectivity index (χ4n) is 3.23. The van der Waals surface area contributed by atoms with Crippen molar-refractivity contribution in [2.24, 2.45) is 0 Å². The first-order chi connectivity index (χ1) is 13.2. The molecule has 3 aromatic rings. The number of hydrogen-bond donors (Lipinski definition) is 0. The van der Waals surface area contributed by atoms with Crippen molar-refractivity contribution in [3.8, 4) is 0 Å². The lowest BCUT2D eigenvalue weighted by Gasteiger charge is -2.19. The number of nitrogens with zero attached hydrogens (tertiary/aromatic N) is 4. The van der Waals surface area contributed by atoms with Gasteiger partial charge in [-0.3, -0.25) is 4.79 Å². The van der Waals surface area contributed by atoms with Gasteiger partial charge in [0.2, 0.25) is 0 Å². The number of amides is 1. The monoisotopic (exact) mass is 398 g/mol. The van der Waals surface area contributed by atoms with Gasteiger partial charge in [0.1, 0.15) is 0 Å². The predicted molar refractivity (Wildman–Crippen MR) is 105 cm³/mol. The van der Waals surface area contributed by atoms with Crippen LogP contribution in [0.4, 0.5) is 0 Å². The van der Waals surface area contributed by atoms with Crippen LogP contribution in [0.2, 0.25) is 0 Å². The van der Waals surface area contributed by atoms with E-state index in [-0.39, 0.29) is 10.6 Å². The molecule has 1 amide bonds. The molecular weight excluding hydrogens is 376 g/mol. The van der Waals surface area contributed by atoms with Crippen molar-refractivity contribution in [2.45, 2.75) is 32.2 Å². The van der Waals surface area contributed by atoms with Crippen molar-refractivity contribution in [1.29, 1.82) is 0 Å². The first kappa shape index (κ1) is 19.8. The zero-order valence-corrected chi connectivity index (χ0v) is 17.1. The minimum atomic E-state index is -4.01. The molecule has 0 saturated heterocycles. The van der Waals surface area contributed by atoms with Crippen LogP contribution in [0.1, 0.15) is 32.7 Å². The molecule has 0 atom stereocenters. The molecule has 0 radical (unpaired) electrons. The van der Waals surface area contributed by atoms with E-state index in [4.69, 9.17) is 0 Å². The molecule has 7 nitrogen and oxygen atoms in total. The minimum Gasteiger partial charge on any atom is -0.266 e. The summed E-state index contributed by atoms with van der Waals surface area (Å²) in [7, 11) is -2.76. The van der Waals surface area contributed by atoms with Crippen LogP contribution in [0.25, 0.3) is 0 Å². The van der Waals surface area contributed by atoms with Gasteiger partial charge < -0.3 is 0 Å². The van der Waals surface area contributed by atoms with Crippen LogP contribution in [0.3, 0.4) is 0 Å². The zero-order valence-electron chi connectivity index (χ0n) is 16.2. The maximum absolute atomic E-state index is 13.0. The number of rotatable bonds is 5. The lowest BCUT2D eigenvalue weighted by molar-refractivity contribution is 0.0877. The van der Waals surface area contributed by atoms with E-state index in [1.165, 1.54) is 17.9 Å². The van der Waals surface area contributed by atoms with E-state index >= 15 is 0 Å². The maximum Gasteiger partial charge on any atom is 0.289 e. The van der Waals surface area contributed by atoms with Gasteiger partial charge in [0.05, 0.1) is 17.6 Å². The van der Waals surface area contributed by atoms with Crippen LogP contribution in [-0.4, -0.2) is 40.7 Å². The summed E-state index contributed by atoms with van der Waals surface area (Å²) in [4.78, 5) is 12.9. The zero-order chi connectivity index (χ0) is 20.5. The largest absolute Gasteiger partial charge is 0.289 e. The van der Waals surface area contributed by atoms with Gasteiger partial charge in [0.15, 0.2) is 5.69 Å². The van der Waals surface area contributed by atoms with Crippen molar-refractivity contribution in [1.82, 2.24) is 19.3 Å². The summed E-state index contributed by atoms with van der Waals surface area (Å²) in [5.41, 5.74) is 3.14. The van der Waals surface area contributed by atoms with Crippen molar-refractivity contribution < 1.29 is 13.2 Å². The predicted octanol–water partition coefficient (Wildman–Crippen LogP) is 2.71. The molecule has 0 aliphatic carbocycles. The van der Waals surface area contributed by atoms with Gasteiger partial charge in [-0.1, -0.05) is 53.2 Å². The minimum absolute atomic E-state index is 0.0237. The van der Waals surface area contributed by atoms with Crippen LogP contribution in [0.15, 0.2) is 53.6 Å². The molecule has 3 rings (SSSR count). The van der Waals surface area contributed by atoms with Gasteiger partial charge in [0.25, 0.3) is 15.9 Å². The lowest BCUT2D eigenvalue weighted by atomic mass is 10.1. The standard InChI is InChI=1S/C20H22N4O3S/c1-14-10-15(2)19(16(3)11-14)28(26,27)23(4)20(25)18-13-24(22-21-18)12-17-8-6-5-7-9-17/h5-11,13H,12H2,1-4H3. The van der Waals surface area contributed by atoms with Gasteiger partial charge >= 0.3 is 0 Å². The Kier molecular flexibility index (Phi) is 5.33. The SMILES string of the molecule is Cc1cc(C)c(S(=O)(=O)N(C)C(=O)c2cn(Cc3ccccc3)nn2)c(C)c1. The summed E-state index contributed by atoms with van der Waals surface area (Å²) < 4.78 is 28.3. The molecule has 0 unspecified atom stereocenters. The number of benzene rings is 2. The Morgan fingerprint density at radius 2 is 1.68 bits per heavy atom. The van der Waals surface area contributed by atoms with E-state index in [2.05, 4.69) is 10.3 Å². The normalized spacial score (nSPS) is 11.4. The highest BCUT2D eigenvalue weighted by Crippen LogP contribution is 2.25. The summed E-state index contributed by atoms with van der Waals surface area (Å²) in [6.45, 7) is 5.78. The van der Waals surface area contributed by atoms with E-state index in [0.717, 1.165) is 15.4 Å². The maximum atomic E-state index is 13.0. The number of carbonyl (C=O) groups excluding carboxylic acids is 1. The Labute approximate surface area is 164 Å². The summed E-state index contributed by atoms with van der Waals surface area (Å²) in [5.74, 6) is -0.723. The molecule has 0 fully saturated rings. The van der Waals surface area contributed by atoms with Gasteiger partial charge in [0, 0.05) is 7.05 Å². The molecule has 146 valence electrons. The van der Waals surface area contributed by atoms with Gasteiger partial charge in [-0.05, 0) is 37.5 Å². The molecule has 28 heavy (non-hydrogen) atoms. The third kappa shape index (κ3) is 3.82. The van der Waals surface area contributed by atoms with E-state index in [1.807, 2.05) is 37.3 Å². The molecule has 8 heteroatoms. The second-order valence-electron chi connectivity index (χ2n) is 6.79.